The van der Waals surface area contributed by atoms with Gasteiger partial charge in [-0.15, -0.1) is 0 Å². The number of carbonyl (C=O) groups excluding carboxylic acids is 1. The maximum atomic E-state index is 11.2. The molecule has 0 spiro atoms. The summed E-state index contributed by atoms with van der Waals surface area (Å²) in [5.41, 5.74) is 0.842. The molecule has 2 fully saturated rings. The third-order valence-corrected chi connectivity index (χ3v) is 4.46. The number of esters is 1. The summed E-state index contributed by atoms with van der Waals surface area (Å²) in [4.78, 5) is 11.2. The maximum absolute atomic E-state index is 11.2. The zero-order valence-corrected chi connectivity index (χ0v) is 11.0. The van der Waals surface area contributed by atoms with E-state index in [1.54, 1.807) is 13.2 Å². The number of ether oxygens (including phenoxy) is 2. The molecule has 0 aromatic carbocycles. The number of fused-ring (bicyclic) bond motifs is 2. The number of hydrogen-bond acceptors (Lipinski definition) is 3. The van der Waals surface area contributed by atoms with Crippen LogP contribution >= 0.6 is 0 Å². The van der Waals surface area contributed by atoms with E-state index in [4.69, 9.17) is 4.74 Å². The van der Waals surface area contributed by atoms with E-state index in [2.05, 4.69) is 11.7 Å². The van der Waals surface area contributed by atoms with E-state index in [1.807, 2.05) is 0 Å². The molecule has 0 amide bonds. The lowest BCUT2D eigenvalue weighted by molar-refractivity contribution is -0.136. The van der Waals surface area contributed by atoms with Crippen molar-refractivity contribution in [1.82, 2.24) is 0 Å². The molecule has 0 aromatic heterocycles. The van der Waals surface area contributed by atoms with Gasteiger partial charge in [0.1, 0.15) is 0 Å². The normalized spacial score (nSPS) is 36.1. The summed E-state index contributed by atoms with van der Waals surface area (Å²) in [5, 5.41) is 0. The monoisotopic (exact) mass is 238 g/mol. The van der Waals surface area contributed by atoms with Crippen LogP contribution in [0.2, 0.25) is 0 Å². The molecule has 0 heterocycles. The van der Waals surface area contributed by atoms with Crippen LogP contribution in [0, 0.1) is 17.3 Å². The largest absolute Gasteiger partial charge is 0.500 e. The molecule has 2 aliphatic rings. The summed E-state index contributed by atoms with van der Waals surface area (Å²) in [6.45, 7) is 4.76. The van der Waals surface area contributed by atoms with Crippen LogP contribution in [0.1, 0.15) is 39.5 Å². The molecular formula is C14H22O3. The van der Waals surface area contributed by atoms with Crippen LogP contribution in [0.3, 0.4) is 0 Å². The number of methoxy groups -OCH3 is 1. The topological polar surface area (TPSA) is 35.5 Å². The van der Waals surface area contributed by atoms with Crippen LogP contribution in [0.5, 0.6) is 0 Å². The van der Waals surface area contributed by atoms with Gasteiger partial charge >= 0.3 is 5.97 Å². The Balaban J connectivity index is 1.85. The van der Waals surface area contributed by atoms with Crippen molar-refractivity contribution >= 4 is 5.97 Å². The Morgan fingerprint density at radius 3 is 2.76 bits per heavy atom. The highest BCUT2D eigenvalue weighted by molar-refractivity contribution is 5.87. The van der Waals surface area contributed by atoms with E-state index in [0.29, 0.717) is 11.0 Å². The van der Waals surface area contributed by atoms with Crippen LogP contribution < -0.4 is 0 Å². The minimum atomic E-state index is -0.317. The Morgan fingerprint density at radius 2 is 2.24 bits per heavy atom. The van der Waals surface area contributed by atoms with E-state index in [0.717, 1.165) is 18.4 Å². The molecular weight excluding hydrogens is 216 g/mol. The van der Waals surface area contributed by atoms with Crippen molar-refractivity contribution in [2.24, 2.45) is 17.3 Å². The van der Waals surface area contributed by atoms with Gasteiger partial charge in [0.15, 0.2) is 0 Å². The van der Waals surface area contributed by atoms with Gasteiger partial charge in [-0.1, -0.05) is 13.3 Å². The first kappa shape index (κ1) is 12.5. The highest BCUT2D eigenvalue weighted by Crippen LogP contribution is 2.55. The van der Waals surface area contributed by atoms with Crippen molar-refractivity contribution in [2.45, 2.75) is 39.5 Å². The standard InChI is InChI=1S/C14H22O3/c1-10(13(15)16-3)8-17-9-14(2)7-11-4-5-12(14)6-11/h8,11-12H,4-7,9H2,1-3H3/b10-8+. The van der Waals surface area contributed by atoms with Gasteiger partial charge in [0, 0.05) is 5.41 Å². The average Bonchev–Trinajstić information content (AvgIpc) is 2.87. The Bertz CT molecular complexity index is 334. The third kappa shape index (κ3) is 2.48. The quantitative estimate of drug-likeness (QED) is 0.429. The predicted molar refractivity (Wildman–Crippen MR) is 65.3 cm³/mol. The molecule has 3 heteroatoms. The first-order valence-corrected chi connectivity index (χ1v) is 6.42. The van der Waals surface area contributed by atoms with E-state index in [-0.39, 0.29) is 5.97 Å². The first-order chi connectivity index (χ1) is 8.05. The van der Waals surface area contributed by atoms with Crippen LogP contribution in [-0.2, 0) is 14.3 Å². The molecule has 96 valence electrons. The summed E-state index contributed by atoms with van der Waals surface area (Å²) in [6, 6.07) is 0. The molecule has 3 atom stereocenters. The second kappa shape index (κ2) is 4.71. The van der Waals surface area contributed by atoms with Crippen LogP contribution in [0.4, 0.5) is 0 Å². The molecule has 0 aliphatic heterocycles. The fourth-order valence-electron chi connectivity index (χ4n) is 3.46. The predicted octanol–water partition coefficient (Wildman–Crippen LogP) is 2.91. The fourth-order valence-corrected chi connectivity index (χ4v) is 3.46. The van der Waals surface area contributed by atoms with Gasteiger partial charge in [-0.05, 0) is 38.0 Å². The van der Waals surface area contributed by atoms with E-state index < -0.39 is 0 Å². The van der Waals surface area contributed by atoms with Crippen LogP contribution in [0.15, 0.2) is 11.8 Å². The van der Waals surface area contributed by atoms with Crippen molar-refractivity contribution in [3.8, 4) is 0 Å². The number of rotatable bonds is 4. The van der Waals surface area contributed by atoms with Gasteiger partial charge in [-0.25, -0.2) is 4.79 Å². The second-order valence-electron chi connectivity index (χ2n) is 5.84. The molecule has 0 radical (unpaired) electrons. The van der Waals surface area contributed by atoms with Gasteiger partial charge in [0.2, 0.25) is 0 Å². The summed E-state index contributed by atoms with van der Waals surface area (Å²) in [7, 11) is 1.39. The highest BCUT2D eigenvalue weighted by Gasteiger charge is 2.48. The molecule has 2 aliphatic carbocycles. The zero-order valence-electron chi connectivity index (χ0n) is 11.0. The first-order valence-electron chi connectivity index (χ1n) is 6.42. The lowest BCUT2D eigenvalue weighted by Gasteiger charge is -2.33. The van der Waals surface area contributed by atoms with E-state index >= 15 is 0 Å². The molecule has 2 bridgehead atoms. The van der Waals surface area contributed by atoms with Crippen molar-refractivity contribution < 1.29 is 14.3 Å². The van der Waals surface area contributed by atoms with Crippen LogP contribution in [-0.4, -0.2) is 19.7 Å². The van der Waals surface area contributed by atoms with Crippen molar-refractivity contribution in [2.75, 3.05) is 13.7 Å². The molecule has 2 saturated carbocycles. The third-order valence-electron chi connectivity index (χ3n) is 4.46. The van der Waals surface area contributed by atoms with Gasteiger partial charge < -0.3 is 9.47 Å². The average molecular weight is 238 g/mol. The highest BCUT2D eigenvalue weighted by atomic mass is 16.5. The molecule has 0 aromatic rings. The molecule has 3 unspecified atom stereocenters. The van der Waals surface area contributed by atoms with Gasteiger partial charge in [-0.3, -0.25) is 0 Å². The maximum Gasteiger partial charge on any atom is 0.336 e. The Morgan fingerprint density at radius 1 is 1.47 bits per heavy atom. The van der Waals surface area contributed by atoms with Gasteiger partial charge in [0.05, 0.1) is 25.6 Å². The Hall–Kier alpha value is -0.990. The number of hydrogen-bond donors (Lipinski definition) is 0. The minimum absolute atomic E-state index is 0.315. The van der Waals surface area contributed by atoms with Crippen LogP contribution in [0.25, 0.3) is 0 Å². The van der Waals surface area contributed by atoms with E-state index in [9.17, 15) is 4.79 Å². The fraction of sp³-hybridized carbons (Fsp3) is 0.786. The van der Waals surface area contributed by atoms with Gasteiger partial charge in [-0.2, -0.15) is 0 Å². The summed E-state index contributed by atoms with van der Waals surface area (Å²) in [5.74, 6) is 1.42. The van der Waals surface area contributed by atoms with Gasteiger partial charge in [0.25, 0.3) is 0 Å². The van der Waals surface area contributed by atoms with Crippen molar-refractivity contribution in [3.05, 3.63) is 11.8 Å². The molecule has 0 saturated heterocycles. The second-order valence-corrected chi connectivity index (χ2v) is 5.84. The number of carbonyl (C=O) groups is 1. The SMILES string of the molecule is COC(=O)/C(C)=C/OCC1(C)CC2CCC1C2. The van der Waals surface area contributed by atoms with E-state index in [1.165, 1.54) is 32.8 Å². The summed E-state index contributed by atoms with van der Waals surface area (Å²) in [6.07, 6.45) is 6.95. The summed E-state index contributed by atoms with van der Waals surface area (Å²) >= 11 is 0. The zero-order chi connectivity index (χ0) is 12.5. The lowest BCUT2D eigenvalue weighted by atomic mass is 9.75. The molecule has 17 heavy (non-hydrogen) atoms. The molecule has 2 rings (SSSR count). The lowest BCUT2D eigenvalue weighted by Crippen LogP contribution is -2.28. The summed E-state index contributed by atoms with van der Waals surface area (Å²) < 4.78 is 10.2. The van der Waals surface area contributed by atoms with Crippen molar-refractivity contribution in [1.29, 1.82) is 0 Å². The van der Waals surface area contributed by atoms with Crippen molar-refractivity contribution in [3.63, 3.8) is 0 Å². The molecule has 3 nitrogen and oxygen atoms in total. The Kier molecular flexibility index (Phi) is 3.45. The smallest absolute Gasteiger partial charge is 0.336 e. The Labute approximate surface area is 103 Å². The molecule has 0 N–H and O–H groups in total. The minimum Gasteiger partial charge on any atom is -0.500 e.